The van der Waals surface area contributed by atoms with E-state index in [0.717, 1.165) is 35.2 Å². The second-order valence-electron chi connectivity index (χ2n) is 8.62. The Bertz CT molecular complexity index is 1060. The molecule has 1 unspecified atom stereocenters. The van der Waals surface area contributed by atoms with Crippen LogP contribution in [0.2, 0.25) is 0 Å². The van der Waals surface area contributed by atoms with E-state index in [1.165, 1.54) is 16.7 Å². The highest BCUT2D eigenvalue weighted by molar-refractivity contribution is 5.90. The summed E-state index contributed by atoms with van der Waals surface area (Å²) in [6.45, 7) is 4.83. The maximum absolute atomic E-state index is 12.5. The molecule has 0 aromatic heterocycles. The number of amides is 2. The Kier molecular flexibility index (Phi) is 6.38. The van der Waals surface area contributed by atoms with Crippen molar-refractivity contribution in [1.29, 1.82) is 0 Å². The minimum atomic E-state index is -0.337. The summed E-state index contributed by atoms with van der Waals surface area (Å²) in [5.41, 5.74) is 7.72. The van der Waals surface area contributed by atoms with E-state index < -0.39 is 0 Å². The Balaban J connectivity index is 1.40. The van der Waals surface area contributed by atoms with Crippen LogP contribution in [0.3, 0.4) is 0 Å². The van der Waals surface area contributed by atoms with Gasteiger partial charge in [-0.3, -0.25) is 0 Å². The molecule has 0 saturated heterocycles. The molecule has 0 aliphatic heterocycles. The van der Waals surface area contributed by atoms with Crippen LogP contribution >= 0.6 is 0 Å². The van der Waals surface area contributed by atoms with Crippen LogP contribution in [0.4, 0.5) is 10.5 Å². The minimum absolute atomic E-state index is 0.236. The summed E-state index contributed by atoms with van der Waals surface area (Å²) in [5, 5.41) is 15.9. The third kappa shape index (κ3) is 5.15. The van der Waals surface area contributed by atoms with E-state index in [-0.39, 0.29) is 12.1 Å². The molecule has 0 spiro atoms. The number of rotatable bonds is 5. The molecule has 0 saturated carbocycles. The average molecular weight is 415 g/mol. The number of aliphatic hydroxyl groups is 1. The van der Waals surface area contributed by atoms with E-state index in [1.807, 2.05) is 24.3 Å². The number of nitrogens with one attached hydrogen (secondary N) is 2. The van der Waals surface area contributed by atoms with Crippen LogP contribution < -0.4 is 10.6 Å². The molecule has 4 heteroatoms. The highest BCUT2D eigenvalue weighted by Crippen LogP contribution is 2.28. The molecule has 0 bridgehead atoms. The first-order chi connectivity index (χ1) is 15.0. The molecule has 0 radical (unpaired) electrons. The van der Waals surface area contributed by atoms with Crippen molar-refractivity contribution < 1.29 is 9.90 Å². The van der Waals surface area contributed by atoms with Crippen molar-refractivity contribution in [3.63, 3.8) is 0 Å². The number of aliphatic hydroxyl groups excluding tert-OH is 1. The standard InChI is InChI=1S/C27H30N2O2/c1-18(2)20-9-11-21(12-10-20)23-7-3-5-19(15-23)17-28-27(31)29-26-8-4-6-22-13-14-24(30)16-25(22)26/h3-12,15,18,24,30H,13-14,16-17H2,1-2H3,(H2,28,29,31). The SMILES string of the molecule is CC(C)c1ccc(-c2cccc(CNC(=O)Nc3cccc4c3CC(O)CC4)c2)cc1. The van der Waals surface area contributed by atoms with Crippen molar-refractivity contribution in [2.75, 3.05) is 5.32 Å². The molecule has 31 heavy (non-hydrogen) atoms. The number of aryl methyl sites for hydroxylation is 1. The molecular formula is C27H30N2O2. The highest BCUT2D eigenvalue weighted by Gasteiger charge is 2.19. The summed E-state index contributed by atoms with van der Waals surface area (Å²) >= 11 is 0. The van der Waals surface area contributed by atoms with Gasteiger partial charge < -0.3 is 15.7 Å². The first kappa shape index (κ1) is 21.1. The van der Waals surface area contributed by atoms with Crippen molar-refractivity contribution in [3.8, 4) is 11.1 Å². The molecule has 2 amide bonds. The van der Waals surface area contributed by atoms with Gasteiger partial charge in [-0.15, -0.1) is 0 Å². The molecule has 160 valence electrons. The normalized spacial score (nSPS) is 15.4. The van der Waals surface area contributed by atoms with Gasteiger partial charge in [0.25, 0.3) is 0 Å². The van der Waals surface area contributed by atoms with Crippen LogP contribution in [0, 0.1) is 0 Å². The first-order valence-corrected chi connectivity index (χ1v) is 11.0. The van der Waals surface area contributed by atoms with Crippen LogP contribution in [0.1, 0.15) is 48.4 Å². The van der Waals surface area contributed by atoms with Gasteiger partial charge in [-0.1, -0.05) is 68.4 Å². The zero-order chi connectivity index (χ0) is 21.8. The quantitative estimate of drug-likeness (QED) is 0.505. The topological polar surface area (TPSA) is 61.4 Å². The summed E-state index contributed by atoms with van der Waals surface area (Å²) in [7, 11) is 0. The fourth-order valence-corrected chi connectivity index (χ4v) is 4.16. The van der Waals surface area contributed by atoms with E-state index in [1.54, 1.807) is 0 Å². The van der Waals surface area contributed by atoms with Crippen LogP contribution in [0.25, 0.3) is 11.1 Å². The lowest BCUT2D eigenvalue weighted by Crippen LogP contribution is -2.29. The van der Waals surface area contributed by atoms with E-state index >= 15 is 0 Å². The Labute approximate surface area is 184 Å². The number of anilines is 1. The average Bonchev–Trinajstić information content (AvgIpc) is 2.78. The second kappa shape index (κ2) is 9.36. The highest BCUT2D eigenvalue weighted by atomic mass is 16.3. The lowest BCUT2D eigenvalue weighted by molar-refractivity contribution is 0.159. The van der Waals surface area contributed by atoms with E-state index in [0.29, 0.717) is 18.9 Å². The maximum Gasteiger partial charge on any atom is 0.319 e. The molecule has 1 atom stereocenters. The summed E-state index contributed by atoms with van der Waals surface area (Å²) in [4.78, 5) is 12.5. The van der Waals surface area contributed by atoms with E-state index in [2.05, 4.69) is 66.9 Å². The van der Waals surface area contributed by atoms with Crippen LogP contribution in [-0.2, 0) is 19.4 Å². The molecule has 3 aromatic carbocycles. The van der Waals surface area contributed by atoms with Crippen molar-refractivity contribution in [2.45, 2.75) is 51.7 Å². The third-order valence-electron chi connectivity index (χ3n) is 6.00. The third-order valence-corrected chi connectivity index (χ3v) is 6.00. The fraction of sp³-hybridized carbons (Fsp3) is 0.296. The molecular weight excluding hydrogens is 384 g/mol. The molecule has 4 nitrogen and oxygen atoms in total. The molecule has 3 aromatic rings. The molecule has 0 heterocycles. The lowest BCUT2D eigenvalue weighted by Gasteiger charge is -2.23. The fourth-order valence-electron chi connectivity index (χ4n) is 4.16. The van der Waals surface area contributed by atoms with E-state index in [9.17, 15) is 9.90 Å². The van der Waals surface area contributed by atoms with Gasteiger partial charge >= 0.3 is 6.03 Å². The van der Waals surface area contributed by atoms with Crippen molar-refractivity contribution >= 4 is 11.7 Å². The van der Waals surface area contributed by atoms with E-state index in [4.69, 9.17) is 0 Å². The molecule has 4 rings (SSSR count). The number of benzene rings is 3. The van der Waals surface area contributed by atoms with Crippen LogP contribution in [0.5, 0.6) is 0 Å². The second-order valence-corrected chi connectivity index (χ2v) is 8.62. The van der Waals surface area contributed by atoms with Gasteiger partial charge in [0.05, 0.1) is 6.10 Å². The largest absolute Gasteiger partial charge is 0.393 e. The van der Waals surface area contributed by atoms with Gasteiger partial charge in [0.1, 0.15) is 0 Å². The number of hydrogen-bond acceptors (Lipinski definition) is 2. The molecule has 3 N–H and O–H groups in total. The predicted molar refractivity (Wildman–Crippen MR) is 126 cm³/mol. The zero-order valence-corrected chi connectivity index (χ0v) is 18.2. The smallest absolute Gasteiger partial charge is 0.319 e. The first-order valence-electron chi connectivity index (χ1n) is 11.0. The number of fused-ring (bicyclic) bond motifs is 1. The van der Waals surface area contributed by atoms with Gasteiger partial charge in [0.15, 0.2) is 0 Å². The number of carbonyl (C=O) groups is 1. The van der Waals surface area contributed by atoms with Gasteiger partial charge in [-0.2, -0.15) is 0 Å². The Morgan fingerprint density at radius 1 is 1.03 bits per heavy atom. The summed E-state index contributed by atoms with van der Waals surface area (Å²) in [5.74, 6) is 0.515. The van der Waals surface area contributed by atoms with Crippen molar-refractivity contribution in [1.82, 2.24) is 5.32 Å². The summed E-state index contributed by atoms with van der Waals surface area (Å²) in [6, 6.07) is 22.6. The lowest BCUT2D eigenvalue weighted by atomic mass is 9.88. The number of urea groups is 1. The maximum atomic E-state index is 12.5. The van der Waals surface area contributed by atoms with Crippen LogP contribution in [0.15, 0.2) is 66.7 Å². The van der Waals surface area contributed by atoms with Gasteiger partial charge in [0.2, 0.25) is 0 Å². The van der Waals surface area contributed by atoms with Crippen molar-refractivity contribution in [2.24, 2.45) is 0 Å². The number of carbonyl (C=O) groups excluding carboxylic acids is 1. The summed E-state index contributed by atoms with van der Waals surface area (Å²) in [6.07, 6.45) is 1.87. The van der Waals surface area contributed by atoms with Crippen molar-refractivity contribution in [3.05, 3.63) is 89.0 Å². The molecule has 0 fully saturated rings. The minimum Gasteiger partial charge on any atom is -0.393 e. The zero-order valence-electron chi connectivity index (χ0n) is 18.2. The summed E-state index contributed by atoms with van der Waals surface area (Å²) < 4.78 is 0. The van der Waals surface area contributed by atoms with Gasteiger partial charge in [0, 0.05) is 18.7 Å². The van der Waals surface area contributed by atoms with Crippen LogP contribution in [-0.4, -0.2) is 17.2 Å². The Hall–Kier alpha value is -3.11. The molecule has 1 aliphatic carbocycles. The number of hydrogen-bond donors (Lipinski definition) is 3. The predicted octanol–water partition coefficient (Wildman–Crippen LogP) is 5.65. The Morgan fingerprint density at radius 2 is 1.81 bits per heavy atom. The van der Waals surface area contributed by atoms with Gasteiger partial charge in [-0.05, 0) is 64.3 Å². The monoisotopic (exact) mass is 414 g/mol. The molecule has 1 aliphatic rings. The van der Waals surface area contributed by atoms with Gasteiger partial charge in [-0.25, -0.2) is 4.79 Å². The Morgan fingerprint density at radius 3 is 2.58 bits per heavy atom.